The number of hydrogen-bond acceptors (Lipinski definition) is 1. The Balaban J connectivity index is 0.00000208. The van der Waals surface area contributed by atoms with Gasteiger partial charge in [-0.25, -0.2) is 0 Å². The van der Waals surface area contributed by atoms with Crippen LogP contribution in [0.15, 0.2) is 72.3 Å². The van der Waals surface area contributed by atoms with Crippen LogP contribution in [0.4, 0.5) is 0 Å². The van der Waals surface area contributed by atoms with Gasteiger partial charge < -0.3 is 4.90 Å². The molecular formula is C22H22ClN. The Morgan fingerprint density at radius 1 is 0.875 bits per heavy atom. The van der Waals surface area contributed by atoms with Gasteiger partial charge in [-0.3, -0.25) is 0 Å². The van der Waals surface area contributed by atoms with E-state index in [1.165, 1.54) is 11.1 Å². The molecule has 1 heterocycles. The summed E-state index contributed by atoms with van der Waals surface area (Å²) in [7, 11) is 2.16. The summed E-state index contributed by atoms with van der Waals surface area (Å²) in [5, 5.41) is 0. The molecule has 0 N–H and O–H groups in total. The second-order valence-electron chi connectivity index (χ2n) is 5.86. The molecule has 0 aromatic heterocycles. The van der Waals surface area contributed by atoms with E-state index in [0.717, 1.165) is 30.6 Å². The topological polar surface area (TPSA) is 3.24 Å². The van der Waals surface area contributed by atoms with Gasteiger partial charge in [-0.15, -0.1) is 12.4 Å². The van der Waals surface area contributed by atoms with Crippen molar-refractivity contribution < 1.29 is 0 Å². The van der Waals surface area contributed by atoms with Gasteiger partial charge in [0.05, 0.1) is 0 Å². The van der Waals surface area contributed by atoms with Crippen LogP contribution in [0.25, 0.3) is 6.08 Å². The first-order valence-corrected chi connectivity index (χ1v) is 8.02. The summed E-state index contributed by atoms with van der Waals surface area (Å²) in [5.74, 6) is 6.39. The molecular weight excluding hydrogens is 314 g/mol. The van der Waals surface area contributed by atoms with Crippen LogP contribution in [0.2, 0.25) is 0 Å². The molecule has 0 atom stereocenters. The Morgan fingerprint density at radius 2 is 1.54 bits per heavy atom. The fraction of sp³-hybridized carbons (Fsp3) is 0.182. The van der Waals surface area contributed by atoms with Gasteiger partial charge in [0.25, 0.3) is 0 Å². The number of rotatable bonds is 2. The van der Waals surface area contributed by atoms with Gasteiger partial charge in [0, 0.05) is 24.2 Å². The molecule has 0 unspecified atom stereocenters. The van der Waals surface area contributed by atoms with Crippen LogP contribution in [0, 0.1) is 11.8 Å². The second-order valence-corrected chi connectivity index (χ2v) is 5.86. The Morgan fingerprint density at radius 3 is 2.17 bits per heavy atom. The average Bonchev–Trinajstić information content (AvgIpc) is 2.61. The first-order chi connectivity index (χ1) is 11.3. The lowest BCUT2D eigenvalue weighted by Crippen LogP contribution is -2.23. The van der Waals surface area contributed by atoms with Crippen LogP contribution in [-0.4, -0.2) is 25.0 Å². The van der Waals surface area contributed by atoms with E-state index < -0.39 is 0 Å². The highest BCUT2D eigenvalue weighted by Gasteiger charge is 2.04. The molecule has 0 spiro atoms. The van der Waals surface area contributed by atoms with Crippen LogP contribution in [0.1, 0.15) is 23.1 Å². The first-order valence-electron chi connectivity index (χ1n) is 8.02. The minimum absolute atomic E-state index is 0. The summed E-state index contributed by atoms with van der Waals surface area (Å²) in [4.78, 5) is 2.33. The van der Waals surface area contributed by atoms with Gasteiger partial charge in [0.2, 0.25) is 0 Å². The molecule has 1 nitrogen and oxygen atoms in total. The molecule has 0 bridgehead atoms. The zero-order valence-electron chi connectivity index (χ0n) is 13.9. The first kappa shape index (κ1) is 18.1. The van der Waals surface area contributed by atoms with Crippen LogP contribution in [0.5, 0.6) is 0 Å². The van der Waals surface area contributed by atoms with Crippen LogP contribution in [-0.2, 0) is 0 Å². The van der Waals surface area contributed by atoms with Gasteiger partial charge in [-0.1, -0.05) is 60.4 Å². The quantitative estimate of drug-likeness (QED) is 0.714. The minimum Gasteiger partial charge on any atom is -0.302 e. The molecule has 0 saturated heterocycles. The van der Waals surface area contributed by atoms with Crippen molar-refractivity contribution in [2.24, 2.45) is 0 Å². The van der Waals surface area contributed by atoms with E-state index in [2.05, 4.69) is 66.3 Å². The normalized spacial score (nSPS) is 14.5. The van der Waals surface area contributed by atoms with Gasteiger partial charge in [0.15, 0.2) is 0 Å². The highest BCUT2D eigenvalue weighted by Crippen LogP contribution is 2.13. The van der Waals surface area contributed by atoms with Gasteiger partial charge >= 0.3 is 0 Å². The Bertz CT molecular complexity index is 761. The molecule has 0 aliphatic carbocycles. The minimum atomic E-state index is 0. The molecule has 0 saturated carbocycles. The van der Waals surface area contributed by atoms with E-state index in [-0.39, 0.29) is 12.4 Å². The molecule has 0 fully saturated rings. The molecule has 1 aliphatic heterocycles. The third kappa shape index (κ3) is 5.42. The van der Waals surface area contributed by atoms with Gasteiger partial charge in [-0.2, -0.15) is 0 Å². The SMILES string of the molecule is CN1CC=C(/C=C/c2ccc(C#Cc3ccccc3)cc2)CC1.Cl. The lowest BCUT2D eigenvalue weighted by molar-refractivity contribution is 0.361. The van der Waals surface area contributed by atoms with Crippen molar-refractivity contribution in [3.8, 4) is 11.8 Å². The number of hydrogen-bond donors (Lipinski definition) is 0. The Labute approximate surface area is 151 Å². The number of likely N-dealkylation sites (N-methyl/N-ethyl adjacent to an activating group) is 1. The van der Waals surface area contributed by atoms with Crippen molar-refractivity contribution in [2.75, 3.05) is 20.1 Å². The average molecular weight is 336 g/mol. The number of halogens is 1. The summed E-state index contributed by atoms with van der Waals surface area (Å²) in [6.45, 7) is 2.19. The highest BCUT2D eigenvalue weighted by molar-refractivity contribution is 5.85. The molecule has 1 aliphatic rings. The summed E-state index contributed by atoms with van der Waals surface area (Å²) in [5.41, 5.74) is 4.74. The fourth-order valence-electron chi connectivity index (χ4n) is 2.48. The zero-order chi connectivity index (χ0) is 15.9. The van der Waals surface area contributed by atoms with Gasteiger partial charge in [0.1, 0.15) is 0 Å². The predicted molar refractivity (Wildman–Crippen MR) is 105 cm³/mol. The van der Waals surface area contributed by atoms with E-state index in [1.807, 2.05) is 30.3 Å². The van der Waals surface area contributed by atoms with Gasteiger partial charge in [-0.05, 0) is 48.9 Å². The predicted octanol–water partition coefficient (Wildman–Crippen LogP) is 4.78. The molecule has 2 aromatic rings. The maximum Gasteiger partial charge on any atom is 0.0249 e. The Kier molecular flexibility index (Phi) is 6.88. The lowest BCUT2D eigenvalue weighted by Gasteiger charge is -2.20. The fourth-order valence-corrected chi connectivity index (χ4v) is 2.48. The number of benzene rings is 2. The van der Waals surface area contributed by atoms with E-state index in [1.54, 1.807) is 0 Å². The van der Waals surface area contributed by atoms with Crippen LogP contribution >= 0.6 is 12.4 Å². The standard InChI is InChI=1S/C22H21N.ClH/c1-23-17-15-22(16-18-23)14-13-21-11-9-20(10-12-21)8-7-19-5-3-2-4-6-19;/h2-6,9-15H,16-18H2,1H3;1H/b14-13+;. The van der Waals surface area contributed by atoms with Crippen molar-refractivity contribution >= 4 is 18.5 Å². The zero-order valence-corrected chi connectivity index (χ0v) is 14.7. The maximum atomic E-state index is 3.21. The summed E-state index contributed by atoms with van der Waals surface area (Å²) >= 11 is 0. The van der Waals surface area contributed by atoms with Crippen molar-refractivity contribution in [1.82, 2.24) is 4.90 Å². The summed E-state index contributed by atoms with van der Waals surface area (Å²) in [6, 6.07) is 18.5. The monoisotopic (exact) mass is 335 g/mol. The number of allylic oxidation sites excluding steroid dienone is 1. The third-order valence-electron chi connectivity index (χ3n) is 3.97. The highest BCUT2D eigenvalue weighted by atomic mass is 35.5. The molecule has 122 valence electrons. The maximum absolute atomic E-state index is 3.21. The van der Waals surface area contributed by atoms with Crippen LogP contribution in [0.3, 0.4) is 0 Å². The van der Waals surface area contributed by atoms with E-state index in [4.69, 9.17) is 0 Å². The smallest absolute Gasteiger partial charge is 0.0249 e. The summed E-state index contributed by atoms with van der Waals surface area (Å²) < 4.78 is 0. The van der Waals surface area contributed by atoms with Crippen molar-refractivity contribution in [3.63, 3.8) is 0 Å². The van der Waals surface area contributed by atoms with Crippen molar-refractivity contribution in [1.29, 1.82) is 0 Å². The second kappa shape index (κ2) is 9.13. The largest absolute Gasteiger partial charge is 0.302 e. The molecule has 2 aromatic carbocycles. The number of nitrogens with zero attached hydrogens (tertiary/aromatic N) is 1. The van der Waals surface area contributed by atoms with E-state index >= 15 is 0 Å². The molecule has 0 amide bonds. The molecule has 0 radical (unpaired) electrons. The van der Waals surface area contributed by atoms with Crippen LogP contribution < -0.4 is 0 Å². The van der Waals surface area contributed by atoms with Crippen molar-refractivity contribution in [3.05, 3.63) is 89.0 Å². The molecule has 24 heavy (non-hydrogen) atoms. The third-order valence-corrected chi connectivity index (χ3v) is 3.97. The van der Waals surface area contributed by atoms with E-state index in [9.17, 15) is 0 Å². The Hall–Kier alpha value is -2.27. The molecule has 3 rings (SSSR count). The molecule has 2 heteroatoms. The van der Waals surface area contributed by atoms with Crippen molar-refractivity contribution in [2.45, 2.75) is 6.42 Å². The van der Waals surface area contributed by atoms with E-state index in [0.29, 0.717) is 0 Å². The summed E-state index contributed by atoms with van der Waals surface area (Å²) in [6.07, 6.45) is 7.86. The lowest BCUT2D eigenvalue weighted by atomic mass is 10.1.